The van der Waals surface area contributed by atoms with E-state index in [2.05, 4.69) is 4.90 Å². The summed E-state index contributed by atoms with van der Waals surface area (Å²) in [6, 6.07) is 10.6. The highest BCUT2D eigenvalue weighted by Crippen LogP contribution is 2.43. The summed E-state index contributed by atoms with van der Waals surface area (Å²) >= 11 is 0. The van der Waals surface area contributed by atoms with E-state index < -0.39 is 0 Å². The number of hydrogen-bond acceptors (Lipinski definition) is 4. The fraction of sp³-hybridized carbons (Fsp3) is 0.625. The Bertz CT molecular complexity index is 831. The van der Waals surface area contributed by atoms with E-state index in [1.807, 2.05) is 42.3 Å². The summed E-state index contributed by atoms with van der Waals surface area (Å²) in [6.45, 7) is 3.21. The Hall–Kier alpha value is -1.85. The first-order chi connectivity index (χ1) is 14.1. The molecular formula is C24H32N2O3. The highest BCUT2D eigenvalue weighted by Gasteiger charge is 2.47. The van der Waals surface area contributed by atoms with Gasteiger partial charge in [-0.05, 0) is 70.2 Å². The number of carbonyl (C=O) groups is 1. The lowest BCUT2D eigenvalue weighted by Gasteiger charge is -2.48. The minimum atomic E-state index is 0.0619. The van der Waals surface area contributed by atoms with Crippen LogP contribution < -0.4 is 0 Å². The molecule has 1 saturated carbocycles. The Morgan fingerprint density at radius 1 is 1.21 bits per heavy atom. The monoisotopic (exact) mass is 396 g/mol. The lowest BCUT2D eigenvalue weighted by molar-refractivity contribution is -0.137. The Balaban J connectivity index is 1.32. The van der Waals surface area contributed by atoms with Crippen LogP contribution in [0.2, 0.25) is 0 Å². The van der Waals surface area contributed by atoms with Gasteiger partial charge in [0.2, 0.25) is 5.91 Å². The molecule has 1 aromatic heterocycles. The molecule has 0 radical (unpaired) electrons. The number of benzene rings is 1. The van der Waals surface area contributed by atoms with Gasteiger partial charge in [0.05, 0.1) is 12.0 Å². The van der Waals surface area contributed by atoms with Crippen LogP contribution in [-0.2, 0) is 16.0 Å². The number of carbonyl (C=O) groups excluding carboxylic acids is 1. The predicted octanol–water partition coefficient (Wildman–Crippen LogP) is 4.00. The molecule has 5 nitrogen and oxygen atoms in total. The molecule has 0 N–H and O–H groups in total. The second kappa shape index (κ2) is 7.77. The fourth-order valence-electron chi connectivity index (χ4n) is 5.82. The van der Waals surface area contributed by atoms with Gasteiger partial charge in [-0.3, -0.25) is 9.69 Å². The third-order valence-corrected chi connectivity index (χ3v) is 7.41. The van der Waals surface area contributed by atoms with E-state index >= 15 is 0 Å². The largest absolute Gasteiger partial charge is 0.461 e. The van der Waals surface area contributed by atoms with Crippen molar-refractivity contribution in [2.45, 2.75) is 69.1 Å². The minimum Gasteiger partial charge on any atom is -0.461 e. The van der Waals surface area contributed by atoms with Crippen molar-refractivity contribution >= 4 is 16.9 Å². The standard InChI is InChI=1S/C24H32N2O3/c1-25(23(27)16-19-15-18-7-2-3-8-22(18)29-19)20-9-11-24(10-6-14-28-24)17-21(20)26-12-4-5-13-26/h2-3,7-8,15,20-21H,4-6,9-14,16-17H2,1H3/t20-,21-,24+/m1/s1. The van der Waals surface area contributed by atoms with Crippen molar-refractivity contribution in [2.24, 2.45) is 0 Å². The molecule has 2 saturated heterocycles. The van der Waals surface area contributed by atoms with Crippen LogP contribution in [0.15, 0.2) is 34.7 Å². The van der Waals surface area contributed by atoms with Gasteiger partial charge in [0.25, 0.3) is 0 Å². The van der Waals surface area contributed by atoms with Crippen LogP contribution in [0, 0.1) is 0 Å². The topological polar surface area (TPSA) is 45.9 Å². The van der Waals surface area contributed by atoms with Gasteiger partial charge in [-0.1, -0.05) is 18.2 Å². The number of furan rings is 1. The highest BCUT2D eigenvalue weighted by molar-refractivity contribution is 5.82. The summed E-state index contributed by atoms with van der Waals surface area (Å²) < 4.78 is 12.1. The maximum atomic E-state index is 13.2. The fourth-order valence-corrected chi connectivity index (χ4v) is 5.82. The molecule has 1 spiro atoms. The van der Waals surface area contributed by atoms with Crippen LogP contribution in [-0.4, -0.2) is 60.1 Å². The second-order valence-electron chi connectivity index (χ2n) is 9.19. The zero-order valence-electron chi connectivity index (χ0n) is 17.4. The molecule has 2 aliphatic heterocycles. The molecule has 156 valence electrons. The van der Waals surface area contributed by atoms with Gasteiger partial charge >= 0.3 is 0 Å². The highest BCUT2D eigenvalue weighted by atomic mass is 16.5. The molecule has 3 fully saturated rings. The lowest BCUT2D eigenvalue weighted by atomic mass is 9.76. The maximum absolute atomic E-state index is 13.2. The maximum Gasteiger partial charge on any atom is 0.230 e. The summed E-state index contributed by atoms with van der Waals surface area (Å²) in [4.78, 5) is 17.8. The molecule has 3 atom stereocenters. The molecule has 0 bridgehead atoms. The van der Waals surface area contributed by atoms with Crippen molar-refractivity contribution in [1.82, 2.24) is 9.80 Å². The third kappa shape index (κ3) is 3.71. The van der Waals surface area contributed by atoms with E-state index in [4.69, 9.17) is 9.15 Å². The average molecular weight is 397 g/mol. The predicted molar refractivity (Wildman–Crippen MR) is 113 cm³/mol. The SMILES string of the molecule is CN(C(=O)Cc1cc2ccccc2o1)[C@@H]1CC[C@@]2(CCCO2)C[C@H]1N1CCCC1. The van der Waals surface area contributed by atoms with Gasteiger partial charge in [0.15, 0.2) is 0 Å². The second-order valence-corrected chi connectivity index (χ2v) is 9.19. The van der Waals surface area contributed by atoms with Crippen molar-refractivity contribution in [1.29, 1.82) is 0 Å². The summed E-state index contributed by atoms with van der Waals surface area (Å²) in [5.41, 5.74) is 0.915. The number of ether oxygens (including phenoxy) is 1. The quantitative estimate of drug-likeness (QED) is 0.784. The Morgan fingerprint density at radius 2 is 2.03 bits per heavy atom. The van der Waals surface area contributed by atoms with E-state index in [-0.39, 0.29) is 17.6 Å². The van der Waals surface area contributed by atoms with E-state index in [0.717, 1.165) is 55.7 Å². The van der Waals surface area contributed by atoms with Gasteiger partial charge < -0.3 is 14.1 Å². The molecule has 5 rings (SSSR count). The number of rotatable bonds is 4. The number of fused-ring (bicyclic) bond motifs is 1. The molecule has 1 aromatic carbocycles. The zero-order valence-corrected chi connectivity index (χ0v) is 17.4. The smallest absolute Gasteiger partial charge is 0.230 e. The first-order valence-electron chi connectivity index (χ1n) is 11.2. The van der Waals surface area contributed by atoms with Crippen molar-refractivity contribution in [3.05, 3.63) is 36.1 Å². The lowest BCUT2D eigenvalue weighted by Crippen LogP contribution is -2.58. The Morgan fingerprint density at radius 3 is 2.79 bits per heavy atom. The van der Waals surface area contributed by atoms with Gasteiger partial charge in [-0.25, -0.2) is 0 Å². The third-order valence-electron chi connectivity index (χ3n) is 7.41. The molecule has 2 aromatic rings. The Labute approximate surface area is 173 Å². The molecule has 29 heavy (non-hydrogen) atoms. The first kappa shape index (κ1) is 19.1. The molecular weight excluding hydrogens is 364 g/mol. The summed E-state index contributed by atoms with van der Waals surface area (Å²) in [6.07, 6.45) is 8.41. The van der Waals surface area contributed by atoms with Gasteiger partial charge in [0, 0.05) is 31.1 Å². The molecule has 1 amide bonds. The molecule has 5 heteroatoms. The van der Waals surface area contributed by atoms with E-state index in [0.29, 0.717) is 12.5 Å². The number of nitrogens with zero attached hydrogens (tertiary/aromatic N) is 2. The number of amides is 1. The van der Waals surface area contributed by atoms with E-state index in [9.17, 15) is 4.79 Å². The van der Waals surface area contributed by atoms with Crippen molar-refractivity contribution < 1.29 is 13.9 Å². The van der Waals surface area contributed by atoms with E-state index in [1.54, 1.807) is 0 Å². The number of likely N-dealkylation sites (tertiary alicyclic amines) is 1. The molecule has 3 heterocycles. The van der Waals surface area contributed by atoms with Crippen LogP contribution in [0.4, 0.5) is 0 Å². The van der Waals surface area contributed by atoms with Gasteiger partial charge in [-0.2, -0.15) is 0 Å². The van der Waals surface area contributed by atoms with Crippen LogP contribution in [0.5, 0.6) is 0 Å². The average Bonchev–Trinajstić information content (AvgIpc) is 3.48. The van der Waals surface area contributed by atoms with E-state index in [1.165, 1.54) is 25.7 Å². The number of hydrogen-bond donors (Lipinski definition) is 0. The Kier molecular flexibility index (Phi) is 5.12. The van der Waals surface area contributed by atoms with Crippen LogP contribution >= 0.6 is 0 Å². The normalized spacial score (nSPS) is 30.4. The summed E-state index contributed by atoms with van der Waals surface area (Å²) in [5.74, 6) is 0.911. The van der Waals surface area contributed by atoms with Crippen molar-refractivity contribution in [3.63, 3.8) is 0 Å². The van der Waals surface area contributed by atoms with Gasteiger partial charge in [-0.15, -0.1) is 0 Å². The molecule has 0 unspecified atom stereocenters. The summed E-state index contributed by atoms with van der Waals surface area (Å²) in [7, 11) is 1.99. The minimum absolute atomic E-state index is 0.0619. The van der Waals surface area contributed by atoms with Crippen LogP contribution in [0.1, 0.15) is 50.7 Å². The molecule has 3 aliphatic rings. The first-order valence-corrected chi connectivity index (χ1v) is 11.2. The van der Waals surface area contributed by atoms with Crippen molar-refractivity contribution in [2.75, 3.05) is 26.7 Å². The zero-order chi connectivity index (χ0) is 19.8. The number of likely N-dealkylation sites (N-methyl/N-ethyl adjacent to an activating group) is 1. The summed E-state index contributed by atoms with van der Waals surface area (Å²) in [5, 5.41) is 1.06. The molecule has 1 aliphatic carbocycles. The van der Waals surface area contributed by atoms with Crippen LogP contribution in [0.3, 0.4) is 0 Å². The number of para-hydroxylation sites is 1. The van der Waals surface area contributed by atoms with Crippen molar-refractivity contribution in [3.8, 4) is 0 Å². The van der Waals surface area contributed by atoms with Crippen LogP contribution in [0.25, 0.3) is 11.0 Å². The van der Waals surface area contributed by atoms with Gasteiger partial charge in [0.1, 0.15) is 11.3 Å².